The number of nitrogens with zero attached hydrogens (tertiary/aromatic N) is 1. The molecular weight excluding hydrogens is 171 g/mol. The van der Waals surface area contributed by atoms with Crippen LogP contribution >= 0.6 is 24.8 Å². The van der Waals surface area contributed by atoms with Crippen LogP contribution in [0.2, 0.25) is 0 Å². The Morgan fingerprint density at radius 3 is 2.70 bits per heavy atom. The summed E-state index contributed by atoms with van der Waals surface area (Å²) in [5.41, 5.74) is 0. The predicted octanol–water partition coefficient (Wildman–Crippen LogP) is 0.713. The van der Waals surface area contributed by atoms with Crippen molar-refractivity contribution in [2.45, 2.75) is 6.42 Å². The van der Waals surface area contributed by atoms with E-state index in [2.05, 4.69) is 10.2 Å². The molecule has 0 aromatic carbocycles. The zero-order chi connectivity index (χ0) is 5.40. The first-order valence-corrected chi connectivity index (χ1v) is 3.38. The molecule has 2 fully saturated rings. The van der Waals surface area contributed by atoms with E-state index in [1.54, 1.807) is 0 Å². The Balaban J connectivity index is 0.000000405. The van der Waals surface area contributed by atoms with E-state index in [-0.39, 0.29) is 24.8 Å². The summed E-state index contributed by atoms with van der Waals surface area (Å²) in [7, 11) is 0. The van der Waals surface area contributed by atoms with Crippen LogP contribution in [-0.2, 0) is 0 Å². The molecule has 0 amide bonds. The van der Waals surface area contributed by atoms with Gasteiger partial charge in [0, 0.05) is 19.8 Å². The van der Waals surface area contributed by atoms with Crippen molar-refractivity contribution in [3.63, 3.8) is 0 Å². The third-order valence-corrected chi connectivity index (χ3v) is 2.14. The fraction of sp³-hybridized carbons (Fsp3) is 1.00. The van der Waals surface area contributed by atoms with Gasteiger partial charge in [-0.2, -0.15) is 0 Å². The third kappa shape index (κ3) is 1.99. The highest BCUT2D eigenvalue weighted by Gasteiger charge is 2.25. The molecule has 2 atom stereocenters. The molecule has 2 rings (SSSR count). The predicted molar refractivity (Wildman–Crippen MR) is 47.0 cm³/mol. The summed E-state index contributed by atoms with van der Waals surface area (Å²) in [6.45, 7) is 5.08. The van der Waals surface area contributed by atoms with Gasteiger partial charge in [-0.3, -0.25) is 4.90 Å². The first-order valence-electron chi connectivity index (χ1n) is 3.38. The van der Waals surface area contributed by atoms with Crippen molar-refractivity contribution >= 4 is 24.8 Å². The molecule has 0 aromatic rings. The number of rotatable bonds is 0. The van der Waals surface area contributed by atoms with Crippen molar-refractivity contribution < 1.29 is 0 Å². The molecular formula is C6H14Cl2N2. The second-order valence-electron chi connectivity index (χ2n) is 2.84. The topological polar surface area (TPSA) is 15.3 Å². The molecule has 0 spiro atoms. The molecule has 2 heterocycles. The van der Waals surface area contributed by atoms with Crippen molar-refractivity contribution in [2.75, 3.05) is 26.3 Å². The van der Waals surface area contributed by atoms with Crippen molar-refractivity contribution in [2.24, 2.45) is 5.92 Å². The molecule has 2 nitrogen and oxygen atoms in total. The van der Waals surface area contributed by atoms with Crippen molar-refractivity contribution in [1.29, 1.82) is 0 Å². The van der Waals surface area contributed by atoms with E-state index < -0.39 is 0 Å². The molecule has 0 aliphatic carbocycles. The Hall–Kier alpha value is 0.500. The number of halogens is 2. The summed E-state index contributed by atoms with van der Waals surface area (Å²) in [5.74, 6) is 0.976. The quantitative estimate of drug-likeness (QED) is 0.598. The zero-order valence-corrected chi connectivity index (χ0v) is 7.51. The SMILES string of the molecule is C1CN2CNCC1C2.Cl.Cl. The Labute approximate surface area is 74.2 Å². The van der Waals surface area contributed by atoms with E-state index in [1.807, 2.05) is 0 Å². The van der Waals surface area contributed by atoms with Crippen LogP contribution < -0.4 is 5.32 Å². The minimum absolute atomic E-state index is 0. The van der Waals surface area contributed by atoms with Gasteiger partial charge in [-0.1, -0.05) is 0 Å². The fourth-order valence-corrected chi connectivity index (χ4v) is 1.65. The monoisotopic (exact) mass is 184 g/mol. The van der Waals surface area contributed by atoms with Crippen molar-refractivity contribution in [1.82, 2.24) is 10.2 Å². The summed E-state index contributed by atoms with van der Waals surface area (Å²) in [5, 5.41) is 3.37. The van der Waals surface area contributed by atoms with E-state index in [1.165, 1.54) is 26.1 Å². The van der Waals surface area contributed by atoms with Gasteiger partial charge in [-0.15, -0.1) is 24.8 Å². The Morgan fingerprint density at radius 2 is 2.10 bits per heavy atom. The summed E-state index contributed by atoms with van der Waals surface area (Å²) in [6, 6.07) is 0. The van der Waals surface area contributed by atoms with Gasteiger partial charge < -0.3 is 5.32 Å². The second kappa shape index (κ2) is 4.39. The van der Waals surface area contributed by atoms with Crippen LogP contribution in [0, 0.1) is 5.92 Å². The Kier molecular flexibility index (Phi) is 4.61. The molecule has 1 N–H and O–H groups in total. The average Bonchev–Trinajstić information content (AvgIpc) is 2.12. The molecule has 10 heavy (non-hydrogen) atoms. The lowest BCUT2D eigenvalue weighted by Gasteiger charge is -2.22. The minimum atomic E-state index is 0. The van der Waals surface area contributed by atoms with Crippen LogP contribution in [0.1, 0.15) is 6.42 Å². The lowest BCUT2D eigenvalue weighted by Crippen LogP contribution is -2.40. The number of hydrogen-bond acceptors (Lipinski definition) is 2. The smallest absolute Gasteiger partial charge is 0.0480 e. The second-order valence-corrected chi connectivity index (χ2v) is 2.84. The summed E-state index contributed by atoms with van der Waals surface area (Å²) in [4.78, 5) is 2.48. The molecule has 0 aromatic heterocycles. The molecule has 2 saturated heterocycles. The van der Waals surface area contributed by atoms with Gasteiger partial charge in [-0.05, 0) is 18.9 Å². The highest BCUT2D eigenvalue weighted by atomic mass is 35.5. The first-order chi connectivity index (χ1) is 3.95. The van der Waals surface area contributed by atoms with Gasteiger partial charge in [0.1, 0.15) is 0 Å². The van der Waals surface area contributed by atoms with Gasteiger partial charge in [0.15, 0.2) is 0 Å². The Morgan fingerprint density at radius 1 is 1.30 bits per heavy atom. The number of fused-ring (bicyclic) bond motifs is 2. The highest BCUT2D eigenvalue weighted by molar-refractivity contribution is 5.85. The largest absolute Gasteiger partial charge is 0.304 e. The highest BCUT2D eigenvalue weighted by Crippen LogP contribution is 2.16. The molecule has 2 aliphatic rings. The fourth-order valence-electron chi connectivity index (χ4n) is 1.65. The molecule has 0 saturated carbocycles. The van der Waals surface area contributed by atoms with Crippen molar-refractivity contribution in [3.8, 4) is 0 Å². The number of hydrogen-bond donors (Lipinski definition) is 1. The summed E-state index contributed by atoms with van der Waals surface area (Å²) >= 11 is 0. The van der Waals surface area contributed by atoms with Crippen LogP contribution in [0.5, 0.6) is 0 Å². The number of nitrogens with one attached hydrogen (secondary N) is 1. The van der Waals surface area contributed by atoms with Gasteiger partial charge in [0.05, 0.1) is 0 Å². The van der Waals surface area contributed by atoms with Crippen LogP contribution in [-0.4, -0.2) is 31.2 Å². The van der Waals surface area contributed by atoms with Crippen LogP contribution in [0.4, 0.5) is 0 Å². The normalized spacial score (nSPS) is 36.0. The maximum absolute atomic E-state index is 3.37. The van der Waals surface area contributed by atoms with E-state index in [9.17, 15) is 0 Å². The van der Waals surface area contributed by atoms with E-state index >= 15 is 0 Å². The third-order valence-electron chi connectivity index (χ3n) is 2.14. The molecule has 2 bridgehead atoms. The van der Waals surface area contributed by atoms with Gasteiger partial charge >= 0.3 is 0 Å². The minimum Gasteiger partial charge on any atom is -0.304 e. The van der Waals surface area contributed by atoms with Crippen LogP contribution in [0.25, 0.3) is 0 Å². The van der Waals surface area contributed by atoms with E-state index in [0.717, 1.165) is 12.6 Å². The van der Waals surface area contributed by atoms with Crippen molar-refractivity contribution in [3.05, 3.63) is 0 Å². The van der Waals surface area contributed by atoms with Gasteiger partial charge in [0.2, 0.25) is 0 Å². The average molecular weight is 185 g/mol. The van der Waals surface area contributed by atoms with Crippen LogP contribution in [0.15, 0.2) is 0 Å². The lowest BCUT2D eigenvalue weighted by atomic mass is 10.1. The maximum atomic E-state index is 3.37. The zero-order valence-electron chi connectivity index (χ0n) is 5.88. The molecule has 0 radical (unpaired) electrons. The molecule has 2 aliphatic heterocycles. The van der Waals surface area contributed by atoms with E-state index in [0.29, 0.717) is 0 Å². The van der Waals surface area contributed by atoms with Crippen LogP contribution in [0.3, 0.4) is 0 Å². The maximum Gasteiger partial charge on any atom is 0.0480 e. The summed E-state index contributed by atoms with van der Waals surface area (Å²) < 4.78 is 0. The van der Waals surface area contributed by atoms with Gasteiger partial charge in [0.25, 0.3) is 0 Å². The molecule has 62 valence electrons. The first kappa shape index (κ1) is 10.5. The van der Waals surface area contributed by atoms with Gasteiger partial charge in [-0.25, -0.2) is 0 Å². The van der Waals surface area contributed by atoms with E-state index in [4.69, 9.17) is 0 Å². The summed E-state index contributed by atoms with van der Waals surface area (Å²) in [6.07, 6.45) is 1.42. The lowest BCUT2D eigenvalue weighted by molar-refractivity contribution is 0.255. The standard InChI is InChI=1S/C6H12N2.2ClH/c1-2-8-4-6(1)3-7-5-8;;/h6-7H,1-5H2;2*1H. The molecule has 2 unspecified atom stereocenters. The Bertz CT molecular complexity index is 85.7. The molecule has 4 heteroatoms.